The topological polar surface area (TPSA) is 50.7 Å². The first kappa shape index (κ1) is 15.1. The Morgan fingerprint density at radius 1 is 1.29 bits per heavy atom. The maximum absolute atomic E-state index is 14.2. The Bertz CT molecular complexity index is 685. The molecule has 2 rings (SSSR count). The summed E-state index contributed by atoms with van der Waals surface area (Å²) in [5, 5.41) is 0. The molecule has 1 aliphatic carbocycles. The van der Waals surface area contributed by atoms with Gasteiger partial charge < -0.3 is 5.73 Å². The number of halogens is 2. The molecule has 0 aliphatic heterocycles. The van der Waals surface area contributed by atoms with Gasteiger partial charge >= 0.3 is 0 Å². The molecule has 0 saturated heterocycles. The van der Waals surface area contributed by atoms with Gasteiger partial charge in [-0.25, -0.2) is 8.78 Å². The fourth-order valence-electron chi connectivity index (χ4n) is 2.53. The van der Waals surface area contributed by atoms with E-state index >= 15 is 0 Å². The van der Waals surface area contributed by atoms with Gasteiger partial charge in [0.2, 0.25) is 0 Å². The predicted molar refractivity (Wildman–Crippen MR) is 83.7 cm³/mol. The Balaban J connectivity index is 2.61. The number of aryl methyl sites for hydroxylation is 1. The van der Waals surface area contributed by atoms with Crippen molar-refractivity contribution in [3.05, 3.63) is 46.2 Å². The van der Waals surface area contributed by atoms with Crippen LogP contribution < -0.4 is 5.73 Å². The molecule has 0 heterocycles. The summed E-state index contributed by atoms with van der Waals surface area (Å²) in [6.07, 6.45) is 4.60. The number of nitrogen functional groups attached to an aromatic ring is 1. The highest BCUT2D eigenvalue weighted by Gasteiger charge is 2.21. The van der Waals surface area contributed by atoms with Gasteiger partial charge in [0, 0.05) is 30.1 Å². The van der Waals surface area contributed by atoms with E-state index in [9.17, 15) is 8.78 Å². The van der Waals surface area contributed by atoms with Crippen molar-refractivity contribution < 1.29 is 8.78 Å². The van der Waals surface area contributed by atoms with E-state index in [1.165, 1.54) is 6.07 Å². The normalized spacial score (nSPS) is 15.5. The summed E-state index contributed by atoms with van der Waals surface area (Å²) in [7, 11) is 1.64. The molecule has 1 aromatic rings. The van der Waals surface area contributed by atoms with Crippen LogP contribution in [0.15, 0.2) is 33.4 Å². The highest BCUT2D eigenvalue weighted by Crippen LogP contribution is 2.35. The smallest absolute Gasteiger partial charge is 0.182 e. The lowest BCUT2D eigenvalue weighted by molar-refractivity contribution is 0.508. The summed E-state index contributed by atoms with van der Waals surface area (Å²) in [4.78, 5) is 7.92. The van der Waals surface area contributed by atoms with E-state index in [1.807, 2.05) is 0 Å². The molecule has 0 bridgehead atoms. The number of rotatable bonds is 3. The van der Waals surface area contributed by atoms with Gasteiger partial charge in [-0.2, -0.15) is 0 Å². The molecule has 0 radical (unpaired) electrons. The zero-order valence-corrected chi connectivity index (χ0v) is 12.1. The van der Waals surface area contributed by atoms with Crippen molar-refractivity contribution in [3.8, 4) is 0 Å². The second kappa shape index (κ2) is 5.99. The van der Waals surface area contributed by atoms with Crippen molar-refractivity contribution in [1.29, 1.82) is 0 Å². The van der Waals surface area contributed by atoms with Gasteiger partial charge in [-0.3, -0.25) is 9.98 Å². The van der Waals surface area contributed by atoms with Gasteiger partial charge in [-0.05, 0) is 49.8 Å². The van der Waals surface area contributed by atoms with E-state index in [1.54, 1.807) is 26.3 Å². The van der Waals surface area contributed by atoms with Crippen LogP contribution in [0, 0.1) is 18.6 Å². The standard InChI is InChI=1S/C16H17F2N3/c1-9-6-12(19)15(17)16(18)14(9)10-4-5-13(21-3)11(7-10)8-20-2/h6-8H,3-5,19H2,1-2H3. The monoisotopic (exact) mass is 289 g/mol. The number of hydrogen-bond acceptors (Lipinski definition) is 3. The molecule has 0 fully saturated rings. The first-order valence-electron chi connectivity index (χ1n) is 6.56. The minimum absolute atomic E-state index is 0.176. The molecular formula is C16H17F2N3. The molecule has 21 heavy (non-hydrogen) atoms. The summed E-state index contributed by atoms with van der Waals surface area (Å²) >= 11 is 0. The Kier molecular flexibility index (Phi) is 4.31. The quantitative estimate of drug-likeness (QED) is 0.669. The van der Waals surface area contributed by atoms with E-state index in [0.29, 0.717) is 24.0 Å². The van der Waals surface area contributed by atoms with Gasteiger partial charge in [-0.15, -0.1) is 0 Å². The zero-order valence-electron chi connectivity index (χ0n) is 12.1. The Morgan fingerprint density at radius 2 is 2.00 bits per heavy atom. The van der Waals surface area contributed by atoms with Crippen molar-refractivity contribution in [2.75, 3.05) is 12.8 Å². The van der Waals surface area contributed by atoms with Gasteiger partial charge in [0.05, 0.1) is 5.69 Å². The van der Waals surface area contributed by atoms with Crippen LogP contribution in [0.25, 0.3) is 5.57 Å². The van der Waals surface area contributed by atoms with Crippen molar-refractivity contribution >= 4 is 24.2 Å². The third-order valence-corrected chi connectivity index (χ3v) is 3.51. The first-order chi connectivity index (χ1) is 9.99. The summed E-state index contributed by atoms with van der Waals surface area (Å²) in [5.41, 5.74) is 8.44. The molecule has 0 atom stereocenters. The molecule has 3 nitrogen and oxygen atoms in total. The third-order valence-electron chi connectivity index (χ3n) is 3.51. The number of hydrogen-bond donors (Lipinski definition) is 1. The average molecular weight is 289 g/mol. The second-order valence-electron chi connectivity index (χ2n) is 4.90. The van der Waals surface area contributed by atoms with Crippen molar-refractivity contribution in [2.45, 2.75) is 19.8 Å². The molecule has 0 unspecified atom stereocenters. The third kappa shape index (κ3) is 2.77. The van der Waals surface area contributed by atoms with E-state index in [2.05, 4.69) is 16.7 Å². The first-order valence-corrected chi connectivity index (χ1v) is 6.56. The number of nitrogens with zero attached hydrogens (tertiary/aromatic N) is 2. The fourth-order valence-corrected chi connectivity index (χ4v) is 2.53. The lowest BCUT2D eigenvalue weighted by atomic mass is 9.89. The molecule has 5 heteroatoms. The zero-order chi connectivity index (χ0) is 15.6. The molecule has 0 spiro atoms. The molecule has 0 saturated carbocycles. The maximum Gasteiger partial charge on any atom is 0.182 e. The molecule has 0 aromatic heterocycles. The van der Waals surface area contributed by atoms with E-state index < -0.39 is 11.6 Å². The summed E-state index contributed by atoms with van der Waals surface area (Å²) in [5.74, 6) is -1.90. The predicted octanol–water partition coefficient (Wildman–Crippen LogP) is 3.69. The van der Waals surface area contributed by atoms with Crippen LogP contribution in [-0.4, -0.2) is 20.0 Å². The minimum atomic E-state index is -1.00. The van der Waals surface area contributed by atoms with Gasteiger partial charge in [-0.1, -0.05) is 0 Å². The number of aliphatic imine (C=N–C) groups is 2. The molecule has 0 amide bonds. The average Bonchev–Trinajstić information content (AvgIpc) is 2.45. The van der Waals surface area contributed by atoms with Gasteiger partial charge in [0.1, 0.15) is 0 Å². The minimum Gasteiger partial charge on any atom is -0.396 e. The van der Waals surface area contributed by atoms with Gasteiger partial charge in [0.25, 0.3) is 0 Å². The van der Waals surface area contributed by atoms with Crippen LogP contribution in [0.1, 0.15) is 24.0 Å². The van der Waals surface area contributed by atoms with E-state index in [-0.39, 0.29) is 11.3 Å². The summed E-state index contributed by atoms with van der Waals surface area (Å²) < 4.78 is 27.9. The molecule has 1 aromatic carbocycles. The largest absolute Gasteiger partial charge is 0.396 e. The van der Waals surface area contributed by atoms with Crippen molar-refractivity contribution in [1.82, 2.24) is 0 Å². The number of allylic oxidation sites excluding steroid dienone is 4. The lowest BCUT2D eigenvalue weighted by Gasteiger charge is -2.18. The van der Waals surface area contributed by atoms with Crippen LogP contribution in [0.3, 0.4) is 0 Å². The number of benzene rings is 1. The van der Waals surface area contributed by atoms with Crippen molar-refractivity contribution in [3.63, 3.8) is 0 Å². The molecular weight excluding hydrogens is 272 g/mol. The van der Waals surface area contributed by atoms with E-state index in [4.69, 9.17) is 5.73 Å². The fraction of sp³-hybridized carbons (Fsp3) is 0.250. The number of anilines is 1. The maximum atomic E-state index is 14.2. The Morgan fingerprint density at radius 3 is 2.62 bits per heavy atom. The highest BCUT2D eigenvalue weighted by atomic mass is 19.2. The molecule has 1 aliphatic rings. The lowest BCUT2D eigenvalue weighted by Crippen LogP contribution is -2.06. The highest BCUT2D eigenvalue weighted by molar-refractivity contribution is 5.89. The SMILES string of the molecule is C=NC1=C(C=NC)C=C(c2c(C)cc(N)c(F)c2F)CC1. The van der Waals surface area contributed by atoms with Crippen LogP contribution >= 0.6 is 0 Å². The summed E-state index contributed by atoms with van der Waals surface area (Å²) in [6.45, 7) is 5.24. The Labute approximate surface area is 122 Å². The Hall–Kier alpha value is -2.30. The number of nitrogens with two attached hydrogens (primary N) is 1. The molecule has 2 N–H and O–H groups in total. The summed E-state index contributed by atoms with van der Waals surface area (Å²) in [6, 6.07) is 1.45. The van der Waals surface area contributed by atoms with E-state index in [0.717, 1.165) is 11.3 Å². The van der Waals surface area contributed by atoms with Crippen LogP contribution in [-0.2, 0) is 0 Å². The van der Waals surface area contributed by atoms with Crippen LogP contribution in [0.4, 0.5) is 14.5 Å². The van der Waals surface area contributed by atoms with Crippen molar-refractivity contribution in [2.24, 2.45) is 9.98 Å². The van der Waals surface area contributed by atoms with Gasteiger partial charge in [0.15, 0.2) is 11.6 Å². The van der Waals surface area contributed by atoms with Crippen LogP contribution in [0.5, 0.6) is 0 Å². The van der Waals surface area contributed by atoms with Crippen LogP contribution in [0.2, 0.25) is 0 Å². The second-order valence-corrected chi connectivity index (χ2v) is 4.90. The molecule has 110 valence electrons.